The van der Waals surface area contributed by atoms with Crippen molar-refractivity contribution < 1.29 is 0 Å². The summed E-state index contributed by atoms with van der Waals surface area (Å²) in [6, 6.07) is 8.43. The maximum Gasteiger partial charge on any atom is 0.162 e. The molecule has 0 bridgehead atoms. The maximum absolute atomic E-state index is 7.56. The number of aromatic nitrogens is 4. The van der Waals surface area contributed by atoms with Gasteiger partial charge in [-0.25, -0.2) is 9.97 Å². The van der Waals surface area contributed by atoms with Crippen LogP contribution in [0.4, 0.5) is 0 Å². The Bertz CT molecular complexity index is 1040. The number of aryl methyl sites for hydroxylation is 4. The fraction of sp³-hybridized carbons (Fsp3) is 0.320. The molecule has 31 heavy (non-hydrogen) atoms. The minimum atomic E-state index is 0.545. The highest BCUT2D eigenvalue weighted by molar-refractivity contribution is 6.06. The Kier molecular flexibility index (Phi) is 7.98. The molecular formula is C25H30N6. The zero-order valence-electron chi connectivity index (χ0n) is 18.5. The first-order valence-electron chi connectivity index (χ1n) is 10.8. The number of pyridine rings is 2. The van der Waals surface area contributed by atoms with Gasteiger partial charge >= 0.3 is 0 Å². The number of nitrogens with zero attached hydrogens (tertiary/aromatic N) is 4. The quantitative estimate of drug-likeness (QED) is 0.490. The first-order valence-corrected chi connectivity index (χ1v) is 10.8. The molecule has 0 radical (unpaired) electrons. The summed E-state index contributed by atoms with van der Waals surface area (Å²) in [5.41, 5.74) is 7.46. The third-order valence-electron chi connectivity index (χ3n) is 5.22. The van der Waals surface area contributed by atoms with Crippen LogP contribution in [0, 0.1) is 5.41 Å². The van der Waals surface area contributed by atoms with Crippen LogP contribution in [0.1, 0.15) is 53.4 Å². The monoisotopic (exact) mass is 414 g/mol. The molecule has 0 amide bonds. The smallest absolute Gasteiger partial charge is 0.162 e. The van der Waals surface area contributed by atoms with Gasteiger partial charge in [0.1, 0.15) is 0 Å². The van der Waals surface area contributed by atoms with Gasteiger partial charge in [-0.2, -0.15) is 0 Å². The zero-order valence-corrected chi connectivity index (χ0v) is 18.5. The Balaban J connectivity index is 1.72. The van der Waals surface area contributed by atoms with Crippen molar-refractivity contribution in [2.45, 2.75) is 46.0 Å². The van der Waals surface area contributed by atoms with E-state index < -0.39 is 0 Å². The lowest BCUT2D eigenvalue weighted by molar-refractivity contribution is 0.848. The van der Waals surface area contributed by atoms with E-state index in [1.165, 1.54) is 17.3 Å². The Labute approximate surface area is 184 Å². The molecule has 6 heteroatoms. The lowest BCUT2D eigenvalue weighted by Gasteiger charge is -2.10. The van der Waals surface area contributed by atoms with Crippen LogP contribution >= 0.6 is 0 Å². The van der Waals surface area contributed by atoms with Crippen molar-refractivity contribution in [1.82, 2.24) is 25.3 Å². The Hall–Kier alpha value is -3.41. The summed E-state index contributed by atoms with van der Waals surface area (Å²) in [7, 11) is 1.79. The largest absolute Gasteiger partial charge is 0.393 e. The molecule has 0 atom stereocenters. The summed E-state index contributed by atoms with van der Waals surface area (Å²) >= 11 is 0. The van der Waals surface area contributed by atoms with E-state index in [0.717, 1.165) is 48.3 Å². The van der Waals surface area contributed by atoms with Crippen LogP contribution in [-0.4, -0.2) is 33.2 Å². The molecule has 0 aromatic carbocycles. The van der Waals surface area contributed by atoms with Crippen molar-refractivity contribution in [2.75, 3.05) is 7.05 Å². The van der Waals surface area contributed by atoms with Gasteiger partial charge in [0.15, 0.2) is 5.82 Å². The Morgan fingerprint density at radius 2 is 1.81 bits per heavy atom. The second kappa shape index (κ2) is 11.1. The zero-order chi connectivity index (χ0) is 22.1. The Morgan fingerprint density at radius 1 is 0.968 bits per heavy atom. The van der Waals surface area contributed by atoms with Crippen LogP contribution in [0.15, 0.2) is 49.1 Å². The lowest BCUT2D eigenvalue weighted by Crippen LogP contribution is -2.05. The van der Waals surface area contributed by atoms with Crippen LogP contribution in [0.25, 0.3) is 5.57 Å². The number of rotatable bonds is 10. The molecule has 0 saturated carbocycles. The molecule has 3 heterocycles. The van der Waals surface area contributed by atoms with Gasteiger partial charge in [0, 0.05) is 61.6 Å². The van der Waals surface area contributed by atoms with Crippen LogP contribution in [-0.2, 0) is 32.1 Å². The van der Waals surface area contributed by atoms with Gasteiger partial charge < -0.3 is 10.7 Å². The van der Waals surface area contributed by atoms with Crippen molar-refractivity contribution in [3.05, 3.63) is 88.7 Å². The molecular weight excluding hydrogens is 384 g/mol. The van der Waals surface area contributed by atoms with Gasteiger partial charge in [0.25, 0.3) is 0 Å². The minimum absolute atomic E-state index is 0.545. The van der Waals surface area contributed by atoms with E-state index in [1.54, 1.807) is 19.4 Å². The highest BCUT2D eigenvalue weighted by atomic mass is 14.9. The summed E-state index contributed by atoms with van der Waals surface area (Å²) < 4.78 is 0. The van der Waals surface area contributed by atoms with Crippen molar-refractivity contribution in [3.8, 4) is 0 Å². The molecule has 3 aromatic heterocycles. The fourth-order valence-electron chi connectivity index (χ4n) is 3.44. The van der Waals surface area contributed by atoms with E-state index in [-0.39, 0.29) is 0 Å². The van der Waals surface area contributed by atoms with Crippen LogP contribution in [0.5, 0.6) is 0 Å². The normalized spacial score (nSPS) is 11.4. The van der Waals surface area contributed by atoms with Gasteiger partial charge in [-0.05, 0) is 54.5 Å². The number of allylic oxidation sites excluding steroid dienone is 1. The summed E-state index contributed by atoms with van der Waals surface area (Å²) in [6.07, 6.45) is 13.1. The van der Waals surface area contributed by atoms with E-state index in [4.69, 9.17) is 10.4 Å². The molecule has 0 aliphatic rings. The second-order valence-corrected chi connectivity index (χ2v) is 7.40. The van der Waals surface area contributed by atoms with Gasteiger partial charge in [-0.15, -0.1) is 0 Å². The average Bonchev–Trinajstić information content (AvgIpc) is 2.82. The van der Waals surface area contributed by atoms with Crippen LogP contribution in [0.3, 0.4) is 0 Å². The molecule has 0 aliphatic heterocycles. The lowest BCUT2D eigenvalue weighted by atomic mass is 10.0. The fourth-order valence-corrected chi connectivity index (χ4v) is 3.44. The molecule has 3 rings (SSSR count). The molecule has 6 nitrogen and oxygen atoms in total. The highest BCUT2D eigenvalue weighted by Crippen LogP contribution is 2.16. The van der Waals surface area contributed by atoms with Gasteiger partial charge in [0.05, 0.1) is 5.57 Å². The molecule has 0 spiro atoms. The molecule has 0 unspecified atom stereocenters. The number of nitrogens with one attached hydrogen (secondary N) is 2. The third kappa shape index (κ3) is 6.04. The van der Waals surface area contributed by atoms with Crippen molar-refractivity contribution in [1.29, 1.82) is 5.41 Å². The van der Waals surface area contributed by atoms with E-state index in [0.29, 0.717) is 17.8 Å². The van der Waals surface area contributed by atoms with Crippen molar-refractivity contribution in [2.24, 2.45) is 0 Å². The van der Waals surface area contributed by atoms with E-state index >= 15 is 0 Å². The molecule has 0 fully saturated rings. The SMILES string of the molecule is CCc1ccc(CCc2ncc(Cc3ccnc(/C(C=N)=C/NC)n3)cc2CC)nc1. The van der Waals surface area contributed by atoms with E-state index in [1.807, 2.05) is 18.5 Å². The molecule has 3 aromatic rings. The summed E-state index contributed by atoms with van der Waals surface area (Å²) in [5, 5.41) is 10.5. The summed E-state index contributed by atoms with van der Waals surface area (Å²) in [6.45, 7) is 4.31. The predicted octanol–water partition coefficient (Wildman–Crippen LogP) is 3.98. The van der Waals surface area contributed by atoms with Gasteiger partial charge in [-0.1, -0.05) is 26.0 Å². The number of hydrogen-bond acceptors (Lipinski definition) is 6. The first kappa shape index (κ1) is 22.3. The maximum atomic E-state index is 7.56. The van der Waals surface area contributed by atoms with E-state index in [2.05, 4.69) is 52.3 Å². The summed E-state index contributed by atoms with van der Waals surface area (Å²) in [5.74, 6) is 0.545. The van der Waals surface area contributed by atoms with Gasteiger partial charge in [-0.3, -0.25) is 9.97 Å². The minimum Gasteiger partial charge on any atom is -0.393 e. The molecule has 0 aliphatic carbocycles. The predicted molar refractivity (Wildman–Crippen MR) is 125 cm³/mol. The van der Waals surface area contributed by atoms with Crippen LogP contribution < -0.4 is 5.32 Å². The standard InChI is InChI=1S/C25H30N6/c1-4-18-6-7-22(29-15-18)8-9-24-20(5-2)12-19(16-30-24)13-23-10-11-28-25(31-23)21(14-26)17-27-3/h6-7,10-12,14-17,26-27H,4-5,8-9,13H2,1-3H3/b21-17+,26-14?. The average molecular weight is 415 g/mol. The molecule has 0 saturated heterocycles. The molecule has 160 valence electrons. The second-order valence-electron chi connectivity index (χ2n) is 7.40. The topological polar surface area (TPSA) is 87.4 Å². The van der Waals surface area contributed by atoms with Crippen LogP contribution in [0.2, 0.25) is 0 Å². The highest BCUT2D eigenvalue weighted by Gasteiger charge is 2.09. The van der Waals surface area contributed by atoms with Crippen molar-refractivity contribution >= 4 is 11.8 Å². The van der Waals surface area contributed by atoms with Gasteiger partial charge in [0.2, 0.25) is 0 Å². The molecule has 2 N–H and O–H groups in total. The van der Waals surface area contributed by atoms with E-state index in [9.17, 15) is 0 Å². The third-order valence-corrected chi connectivity index (χ3v) is 5.22. The first-order chi connectivity index (χ1) is 15.2. The number of hydrogen-bond donors (Lipinski definition) is 2. The summed E-state index contributed by atoms with van der Waals surface area (Å²) in [4.78, 5) is 18.2. The van der Waals surface area contributed by atoms with Crippen molar-refractivity contribution in [3.63, 3.8) is 0 Å². The Morgan fingerprint density at radius 3 is 2.48 bits per heavy atom.